The average Bonchev–Trinajstić information content (AvgIpc) is 2.72. The lowest BCUT2D eigenvalue weighted by Crippen LogP contribution is -2.05. The maximum absolute atomic E-state index is 5.62. The molecule has 1 fully saturated rings. The number of ether oxygens (including phenoxy) is 1. The van der Waals surface area contributed by atoms with Gasteiger partial charge in [0.15, 0.2) is 0 Å². The van der Waals surface area contributed by atoms with Gasteiger partial charge in [-0.3, -0.25) is 0 Å². The largest absolute Gasteiger partial charge is 0.374 e. The van der Waals surface area contributed by atoms with E-state index >= 15 is 0 Å². The molecule has 0 radical (unpaired) electrons. The lowest BCUT2D eigenvalue weighted by Gasteiger charge is -2.10. The molecule has 0 saturated carbocycles. The topological polar surface area (TPSA) is 21.3 Å². The first-order valence-corrected chi connectivity index (χ1v) is 5.25. The molecule has 1 unspecified atom stereocenters. The van der Waals surface area contributed by atoms with Gasteiger partial charge in [-0.05, 0) is 31.0 Å². The zero-order chi connectivity index (χ0) is 9.80. The van der Waals surface area contributed by atoms with Crippen molar-refractivity contribution in [3.8, 4) is 0 Å². The Balaban J connectivity index is 2.05. The molecule has 0 aliphatic carbocycles. The van der Waals surface area contributed by atoms with Crippen molar-refractivity contribution in [2.24, 2.45) is 0 Å². The van der Waals surface area contributed by atoms with Gasteiger partial charge in [-0.15, -0.1) is 0 Å². The molecule has 0 bridgehead atoms. The molecule has 14 heavy (non-hydrogen) atoms. The molecule has 1 atom stereocenters. The van der Waals surface area contributed by atoms with Crippen molar-refractivity contribution in [1.82, 2.24) is 5.32 Å². The summed E-state index contributed by atoms with van der Waals surface area (Å²) in [5.74, 6) is 0. The number of nitrogens with one attached hydrogen (secondary N) is 1. The summed E-state index contributed by atoms with van der Waals surface area (Å²) < 4.78 is 5.62. The van der Waals surface area contributed by atoms with Crippen molar-refractivity contribution >= 4 is 0 Å². The van der Waals surface area contributed by atoms with Crippen LogP contribution in [0.1, 0.15) is 30.1 Å². The Kier molecular flexibility index (Phi) is 3.17. The number of rotatable bonds is 3. The molecule has 2 nitrogen and oxygen atoms in total. The van der Waals surface area contributed by atoms with Crippen LogP contribution in [0.5, 0.6) is 0 Å². The maximum Gasteiger partial charge on any atom is 0.0825 e. The van der Waals surface area contributed by atoms with E-state index < -0.39 is 0 Å². The second-order valence-electron chi connectivity index (χ2n) is 3.77. The Hall–Kier alpha value is -0.860. The molecule has 1 aliphatic heterocycles. The van der Waals surface area contributed by atoms with Crippen LogP contribution in [0.4, 0.5) is 0 Å². The highest BCUT2D eigenvalue weighted by atomic mass is 16.5. The third kappa shape index (κ3) is 2.14. The molecule has 76 valence electrons. The monoisotopic (exact) mass is 191 g/mol. The van der Waals surface area contributed by atoms with Gasteiger partial charge < -0.3 is 10.1 Å². The van der Waals surface area contributed by atoms with E-state index in [-0.39, 0.29) is 0 Å². The van der Waals surface area contributed by atoms with Crippen molar-refractivity contribution in [3.05, 3.63) is 35.4 Å². The summed E-state index contributed by atoms with van der Waals surface area (Å²) >= 11 is 0. The number of benzene rings is 1. The normalized spacial score (nSPS) is 21.4. The smallest absolute Gasteiger partial charge is 0.0825 e. The van der Waals surface area contributed by atoms with E-state index in [1.807, 2.05) is 7.05 Å². The zero-order valence-electron chi connectivity index (χ0n) is 8.62. The molecular weight excluding hydrogens is 174 g/mol. The molecular formula is C12H17NO. The fraction of sp³-hybridized carbons (Fsp3) is 0.500. The van der Waals surface area contributed by atoms with Crippen molar-refractivity contribution in [2.45, 2.75) is 25.5 Å². The SMILES string of the molecule is CNCc1ccc(C2CCCO2)cc1. The van der Waals surface area contributed by atoms with Crippen molar-refractivity contribution in [1.29, 1.82) is 0 Å². The molecule has 2 heteroatoms. The van der Waals surface area contributed by atoms with Crippen LogP contribution in [-0.2, 0) is 11.3 Å². The summed E-state index contributed by atoms with van der Waals surface area (Å²) in [5, 5.41) is 3.14. The van der Waals surface area contributed by atoms with Crippen LogP contribution in [0.15, 0.2) is 24.3 Å². The second kappa shape index (κ2) is 4.58. The van der Waals surface area contributed by atoms with E-state index in [2.05, 4.69) is 29.6 Å². The number of hydrogen-bond acceptors (Lipinski definition) is 2. The van der Waals surface area contributed by atoms with Gasteiger partial charge >= 0.3 is 0 Å². The molecule has 2 rings (SSSR count). The lowest BCUT2D eigenvalue weighted by molar-refractivity contribution is 0.112. The molecule has 0 aromatic heterocycles. The van der Waals surface area contributed by atoms with E-state index in [1.165, 1.54) is 24.0 Å². The van der Waals surface area contributed by atoms with Crippen molar-refractivity contribution in [3.63, 3.8) is 0 Å². The van der Waals surface area contributed by atoms with Crippen LogP contribution in [0.25, 0.3) is 0 Å². The second-order valence-corrected chi connectivity index (χ2v) is 3.77. The molecule has 1 aromatic carbocycles. The predicted octanol–water partition coefficient (Wildman–Crippen LogP) is 2.26. The van der Waals surface area contributed by atoms with Crippen molar-refractivity contribution < 1.29 is 4.74 Å². The summed E-state index contributed by atoms with van der Waals surface area (Å²) in [4.78, 5) is 0. The zero-order valence-corrected chi connectivity index (χ0v) is 8.62. The molecule has 1 heterocycles. The third-order valence-corrected chi connectivity index (χ3v) is 2.66. The molecule has 0 spiro atoms. The standard InChI is InChI=1S/C12H17NO/c1-13-9-10-4-6-11(7-5-10)12-3-2-8-14-12/h4-7,12-13H,2-3,8-9H2,1H3. The molecule has 1 N–H and O–H groups in total. The summed E-state index contributed by atoms with van der Waals surface area (Å²) in [7, 11) is 1.97. The van der Waals surface area contributed by atoms with E-state index in [0.717, 1.165) is 13.2 Å². The highest BCUT2D eigenvalue weighted by Crippen LogP contribution is 2.28. The quantitative estimate of drug-likeness (QED) is 0.791. The first-order valence-electron chi connectivity index (χ1n) is 5.25. The molecule has 1 aliphatic rings. The van der Waals surface area contributed by atoms with Crippen LogP contribution >= 0.6 is 0 Å². The summed E-state index contributed by atoms with van der Waals surface area (Å²) in [6, 6.07) is 8.71. The Morgan fingerprint density at radius 1 is 1.36 bits per heavy atom. The van der Waals surface area contributed by atoms with E-state index in [1.54, 1.807) is 0 Å². The Morgan fingerprint density at radius 3 is 2.71 bits per heavy atom. The van der Waals surface area contributed by atoms with Crippen LogP contribution in [0, 0.1) is 0 Å². The van der Waals surface area contributed by atoms with Gasteiger partial charge in [-0.2, -0.15) is 0 Å². The van der Waals surface area contributed by atoms with Gasteiger partial charge in [0.2, 0.25) is 0 Å². The van der Waals surface area contributed by atoms with Crippen molar-refractivity contribution in [2.75, 3.05) is 13.7 Å². The van der Waals surface area contributed by atoms with Gasteiger partial charge in [0, 0.05) is 13.2 Å². The highest BCUT2D eigenvalue weighted by molar-refractivity contribution is 5.24. The minimum Gasteiger partial charge on any atom is -0.374 e. The van der Waals surface area contributed by atoms with Crippen LogP contribution in [0.2, 0.25) is 0 Å². The van der Waals surface area contributed by atoms with Gasteiger partial charge in [0.1, 0.15) is 0 Å². The first-order chi connectivity index (χ1) is 6.90. The highest BCUT2D eigenvalue weighted by Gasteiger charge is 2.16. The van der Waals surface area contributed by atoms with Crippen LogP contribution in [0.3, 0.4) is 0 Å². The predicted molar refractivity (Wildman–Crippen MR) is 57.1 cm³/mol. The van der Waals surface area contributed by atoms with E-state index in [4.69, 9.17) is 4.74 Å². The summed E-state index contributed by atoms with van der Waals surface area (Å²) in [6.45, 7) is 1.86. The van der Waals surface area contributed by atoms with Gasteiger partial charge in [0.05, 0.1) is 6.10 Å². The average molecular weight is 191 g/mol. The number of hydrogen-bond donors (Lipinski definition) is 1. The maximum atomic E-state index is 5.62. The van der Waals surface area contributed by atoms with Gasteiger partial charge in [0.25, 0.3) is 0 Å². The van der Waals surface area contributed by atoms with Gasteiger partial charge in [-0.25, -0.2) is 0 Å². The minimum absolute atomic E-state index is 0.346. The summed E-state index contributed by atoms with van der Waals surface area (Å²) in [5.41, 5.74) is 2.65. The minimum atomic E-state index is 0.346. The van der Waals surface area contributed by atoms with Crippen LogP contribution < -0.4 is 5.32 Å². The van der Waals surface area contributed by atoms with Gasteiger partial charge in [-0.1, -0.05) is 24.3 Å². The fourth-order valence-electron chi connectivity index (χ4n) is 1.89. The molecule has 1 saturated heterocycles. The third-order valence-electron chi connectivity index (χ3n) is 2.66. The fourth-order valence-corrected chi connectivity index (χ4v) is 1.89. The Morgan fingerprint density at radius 2 is 2.14 bits per heavy atom. The lowest BCUT2D eigenvalue weighted by atomic mass is 10.0. The van der Waals surface area contributed by atoms with E-state index in [0.29, 0.717) is 6.10 Å². The molecule has 0 amide bonds. The molecule has 1 aromatic rings. The van der Waals surface area contributed by atoms with Crippen LogP contribution in [-0.4, -0.2) is 13.7 Å². The van der Waals surface area contributed by atoms with E-state index in [9.17, 15) is 0 Å². The first kappa shape index (κ1) is 9.69. The Labute approximate surface area is 85.3 Å². The Bertz CT molecular complexity index is 275. The summed E-state index contributed by atoms with van der Waals surface area (Å²) in [6.07, 6.45) is 2.72.